The van der Waals surface area contributed by atoms with Crippen LogP contribution in [0.1, 0.15) is 108 Å². The summed E-state index contributed by atoms with van der Waals surface area (Å²) in [6.45, 7) is 18.3. The van der Waals surface area contributed by atoms with Gasteiger partial charge in [0.1, 0.15) is 24.6 Å². The normalized spacial score (nSPS) is 46.6. The number of ether oxygens (including phenoxy) is 6. The highest BCUT2D eigenvalue weighted by molar-refractivity contribution is 5.89. The van der Waals surface area contributed by atoms with Gasteiger partial charge in [0.15, 0.2) is 12.6 Å². The quantitative estimate of drug-likeness (QED) is 0.142. The Morgan fingerprint density at radius 1 is 0.895 bits per heavy atom. The second-order valence-corrected chi connectivity index (χ2v) is 18.1. The highest BCUT2D eigenvalue weighted by Crippen LogP contribution is 2.43. The average molecular weight is 819 g/mol. The first-order valence-electron chi connectivity index (χ1n) is 21.0. The summed E-state index contributed by atoms with van der Waals surface area (Å²) < 4.78 is 38.7. The van der Waals surface area contributed by atoms with Crippen LogP contribution in [-0.2, 0) is 38.1 Å². The van der Waals surface area contributed by atoms with Crippen LogP contribution in [0.5, 0.6) is 0 Å². The van der Waals surface area contributed by atoms with Gasteiger partial charge in [-0.15, -0.1) is 0 Å². The first-order chi connectivity index (χ1) is 26.5. The van der Waals surface area contributed by atoms with Crippen LogP contribution in [0.3, 0.4) is 0 Å². The van der Waals surface area contributed by atoms with Crippen molar-refractivity contribution in [2.75, 3.05) is 41.5 Å². The molecule has 0 aromatic heterocycles. The molecule has 0 aromatic rings. The number of ketones is 1. The standard InChI is InChI=1S/C42H78N2O13/c1-15-29-20-31(46)25(4)35(56-32-22-40(8,51-13)37(49)28(7)55-32)27(6)38(57-39-34(47)30(44(11)12)19-24(3)54-39)41(9,52-14)21-23(2)33(43-53-18-16-17-45)26(5)36(48)42(29,10)50/h23-30,32,34-39,45,47-50H,15-22H2,1-14H3/b43-33+/t23-,24-,25+,26+,27+,28+,29+,30+,32+,34-,35-,36-,37+,38-,39+,40-,41-,42-/m1/s1. The number of aliphatic hydroxyl groups excluding tert-OH is 4. The molecule has 1 saturated carbocycles. The molecule has 15 nitrogen and oxygen atoms in total. The van der Waals surface area contributed by atoms with Gasteiger partial charge < -0.3 is 63.7 Å². The topological polar surface area (TPSA) is 198 Å². The van der Waals surface area contributed by atoms with E-state index in [1.165, 1.54) is 7.11 Å². The van der Waals surface area contributed by atoms with Crippen LogP contribution in [0.25, 0.3) is 0 Å². The molecule has 0 radical (unpaired) electrons. The van der Waals surface area contributed by atoms with Crippen molar-refractivity contribution < 1.29 is 63.6 Å². The third-order valence-electron chi connectivity index (χ3n) is 13.5. The van der Waals surface area contributed by atoms with E-state index in [0.29, 0.717) is 25.0 Å². The van der Waals surface area contributed by atoms with Crippen LogP contribution in [0.15, 0.2) is 5.16 Å². The van der Waals surface area contributed by atoms with E-state index >= 15 is 0 Å². The molecular weight excluding hydrogens is 740 g/mol. The van der Waals surface area contributed by atoms with E-state index in [0.717, 1.165) is 0 Å². The molecule has 3 rings (SSSR count). The minimum absolute atomic E-state index is 0.0635. The van der Waals surface area contributed by atoms with Crippen molar-refractivity contribution in [1.29, 1.82) is 0 Å². The van der Waals surface area contributed by atoms with Gasteiger partial charge in [0.25, 0.3) is 0 Å². The summed E-state index contributed by atoms with van der Waals surface area (Å²) in [5, 5.41) is 60.7. The number of nitrogens with zero attached hydrogens (tertiary/aromatic N) is 2. The molecule has 3 aliphatic rings. The number of hydrogen-bond acceptors (Lipinski definition) is 15. The second kappa shape index (κ2) is 21.0. The van der Waals surface area contributed by atoms with Gasteiger partial charge in [-0.1, -0.05) is 46.2 Å². The lowest BCUT2D eigenvalue weighted by molar-refractivity contribution is -0.318. The van der Waals surface area contributed by atoms with Crippen molar-refractivity contribution in [2.24, 2.45) is 34.7 Å². The molecule has 2 aliphatic heterocycles. The van der Waals surface area contributed by atoms with Crippen molar-refractivity contribution in [3.8, 4) is 0 Å². The molecule has 334 valence electrons. The Labute approximate surface area is 341 Å². The predicted octanol–water partition coefficient (Wildman–Crippen LogP) is 3.29. The lowest BCUT2D eigenvalue weighted by Gasteiger charge is -2.50. The minimum atomic E-state index is -1.70. The molecule has 3 fully saturated rings. The van der Waals surface area contributed by atoms with Crippen molar-refractivity contribution in [2.45, 2.75) is 186 Å². The maximum Gasteiger partial charge on any atom is 0.185 e. The zero-order valence-electron chi connectivity index (χ0n) is 37.2. The highest BCUT2D eigenvalue weighted by Gasteiger charge is 2.53. The lowest BCUT2D eigenvalue weighted by Crippen LogP contribution is -2.61. The molecule has 0 unspecified atom stereocenters. The zero-order valence-corrected chi connectivity index (χ0v) is 37.2. The summed E-state index contributed by atoms with van der Waals surface area (Å²) in [5.74, 6) is -3.39. The smallest absolute Gasteiger partial charge is 0.185 e. The number of carbonyl (C=O) groups excluding carboxylic acids is 1. The van der Waals surface area contributed by atoms with Crippen molar-refractivity contribution in [3.63, 3.8) is 0 Å². The monoisotopic (exact) mass is 819 g/mol. The number of carbonyl (C=O) groups is 1. The Balaban J connectivity index is 2.28. The number of rotatable bonds is 12. The summed E-state index contributed by atoms with van der Waals surface area (Å²) >= 11 is 0. The number of hydrogen-bond donors (Lipinski definition) is 5. The third-order valence-corrected chi connectivity index (χ3v) is 13.5. The maximum absolute atomic E-state index is 14.6. The summed E-state index contributed by atoms with van der Waals surface area (Å²) in [6.07, 6.45) is -6.23. The van der Waals surface area contributed by atoms with Gasteiger partial charge in [-0.25, -0.2) is 0 Å². The number of oxime groups is 1. The summed E-state index contributed by atoms with van der Waals surface area (Å²) in [7, 11) is 6.91. The molecule has 57 heavy (non-hydrogen) atoms. The van der Waals surface area contributed by atoms with Crippen LogP contribution in [0.4, 0.5) is 0 Å². The van der Waals surface area contributed by atoms with Crippen LogP contribution >= 0.6 is 0 Å². The van der Waals surface area contributed by atoms with E-state index < -0.39 is 95.6 Å². The predicted molar refractivity (Wildman–Crippen MR) is 214 cm³/mol. The van der Waals surface area contributed by atoms with Gasteiger partial charge in [0, 0.05) is 69.8 Å². The summed E-state index contributed by atoms with van der Waals surface area (Å²) in [5.41, 5.74) is -3.41. The van der Waals surface area contributed by atoms with Crippen LogP contribution in [0, 0.1) is 29.6 Å². The minimum Gasteiger partial charge on any atom is -0.396 e. The average Bonchev–Trinajstić information content (AvgIpc) is 3.16. The Morgan fingerprint density at radius 3 is 2.09 bits per heavy atom. The molecule has 2 heterocycles. The number of likely N-dealkylation sites (N-methyl/N-ethyl adjacent to an activating group) is 1. The third kappa shape index (κ3) is 11.5. The fraction of sp³-hybridized carbons (Fsp3) is 0.952. The zero-order chi connectivity index (χ0) is 43.2. The van der Waals surface area contributed by atoms with Crippen molar-refractivity contribution >= 4 is 11.5 Å². The lowest BCUT2D eigenvalue weighted by atomic mass is 9.69. The van der Waals surface area contributed by atoms with E-state index in [4.69, 9.17) is 33.3 Å². The van der Waals surface area contributed by atoms with Crippen LogP contribution < -0.4 is 0 Å². The Bertz CT molecular complexity index is 1290. The van der Waals surface area contributed by atoms with Crippen LogP contribution in [0.2, 0.25) is 0 Å². The Kier molecular flexibility index (Phi) is 18.4. The SMILES string of the molecule is CC[C@H]1CC(=O)[C@H](C)[C@@H](O[C@H]2C[C@@](C)(OC)[C@@H](O)[C@H](C)O2)[C@H](C)[C@@H](O[C@@H]2O[C@H](C)C[C@H](N(C)C)[C@H]2O)[C@](C)(OC)C[C@@H](C)/C(=N\OCCCO)[C@H](C)[C@@H](O)[C@]1(C)O. The van der Waals surface area contributed by atoms with Crippen molar-refractivity contribution in [3.05, 3.63) is 0 Å². The molecule has 0 amide bonds. The highest BCUT2D eigenvalue weighted by atomic mass is 16.7. The Morgan fingerprint density at radius 2 is 1.53 bits per heavy atom. The van der Waals surface area contributed by atoms with Gasteiger partial charge in [0.05, 0.1) is 53.0 Å². The first kappa shape index (κ1) is 50.0. The second-order valence-electron chi connectivity index (χ2n) is 18.1. The molecule has 0 bridgehead atoms. The fourth-order valence-corrected chi connectivity index (χ4v) is 9.45. The van der Waals surface area contributed by atoms with E-state index in [9.17, 15) is 30.3 Å². The molecule has 18 atom stereocenters. The van der Waals surface area contributed by atoms with Crippen LogP contribution in [-0.4, -0.2) is 162 Å². The first-order valence-corrected chi connectivity index (χ1v) is 21.0. The maximum atomic E-state index is 14.6. The molecule has 2 saturated heterocycles. The molecular formula is C42H78N2O13. The molecule has 1 aliphatic carbocycles. The molecule has 15 heteroatoms. The van der Waals surface area contributed by atoms with Gasteiger partial charge in [-0.3, -0.25) is 4.79 Å². The number of aliphatic hydroxyl groups is 5. The van der Waals surface area contributed by atoms with Gasteiger partial charge >= 0.3 is 0 Å². The van der Waals surface area contributed by atoms with Crippen molar-refractivity contribution in [1.82, 2.24) is 4.90 Å². The molecule has 0 aromatic carbocycles. The van der Waals surface area contributed by atoms with Gasteiger partial charge in [-0.05, 0) is 67.5 Å². The Hall–Kier alpha value is -1.34. The molecule has 0 spiro atoms. The van der Waals surface area contributed by atoms with E-state index in [2.05, 4.69) is 5.16 Å². The van der Waals surface area contributed by atoms with E-state index in [1.54, 1.807) is 41.7 Å². The number of Topliss-reactive ketones (excluding diaryl/α,β-unsaturated/α-hetero) is 1. The van der Waals surface area contributed by atoms with Gasteiger partial charge in [-0.2, -0.15) is 0 Å². The fourth-order valence-electron chi connectivity index (χ4n) is 9.45. The number of methoxy groups -OCH3 is 2. The van der Waals surface area contributed by atoms with Gasteiger partial charge in [0.2, 0.25) is 0 Å². The molecule has 5 N–H and O–H groups in total. The largest absolute Gasteiger partial charge is 0.396 e. The summed E-state index contributed by atoms with van der Waals surface area (Å²) in [4.78, 5) is 22.2. The summed E-state index contributed by atoms with van der Waals surface area (Å²) in [6, 6.07) is -0.265. The van der Waals surface area contributed by atoms with E-state index in [-0.39, 0.29) is 50.4 Å². The van der Waals surface area contributed by atoms with E-state index in [1.807, 2.05) is 53.6 Å².